The monoisotopic (exact) mass is 391 g/mol. The Kier molecular flexibility index (Phi) is 5.05. The predicted molar refractivity (Wildman–Crippen MR) is 108 cm³/mol. The summed E-state index contributed by atoms with van der Waals surface area (Å²) in [5, 5.41) is 7.36. The molecule has 0 aromatic heterocycles. The molecule has 0 spiro atoms. The van der Waals surface area contributed by atoms with Crippen LogP contribution in [0.25, 0.3) is 0 Å². The number of fused-ring (bicyclic) bond motifs is 2. The second kappa shape index (κ2) is 7.33. The zero-order valence-corrected chi connectivity index (χ0v) is 16.8. The largest absolute Gasteiger partial charge is 0.351 e. The van der Waals surface area contributed by atoms with Gasteiger partial charge in [-0.25, -0.2) is 4.39 Å². The van der Waals surface area contributed by atoms with E-state index in [0.29, 0.717) is 13.3 Å². The number of hydrogen-bond acceptors (Lipinski definition) is 7. The Morgan fingerprint density at radius 2 is 2.26 bits per heavy atom. The maximum Gasteiger partial charge on any atom is 0.190 e. The summed E-state index contributed by atoms with van der Waals surface area (Å²) in [6.45, 7) is 5.09. The first-order chi connectivity index (χ1) is 13.0. The van der Waals surface area contributed by atoms with Gasteiger partial charge in [-0.15, -0.1) is 0 Å². The molecule has 4 rings (SSSR count). The van der Waals surface area contributed by atoms with Crippen LogP contribution in [0.1, 0.15) is 18.9 Å². The van der Waals surface area contributed by atoms with Crippen LogP contribution in [0.5, 0.6) is 0 Å². The van der Waals surface area contributed by atoms with Crippen molar-refractivity contribution in [2.24, 2.45) is 4.99 Å². The van der Waals surface area contributed by atoms with E-state index in [0.717, 1.165) is 53.7 Å². The molecule has 1 unspecified atom stereocenters. The molecule has 0 saturated carbocycles. The average Bonchev–Trinajstić information content (AvgIpc) is 3.18. The quantitative estimate of drug-likeness (QED) is 0.726. The van der Waals surface area contributed by atoms with E-state index in [-0.39, 0.29) is 5.82 Å². The molecule has 0 radical (unpaired) electrons. The number of nitrogens with zero attached hydrogens (tertiary/aromatic N) is 3. The SMILES string of the molecule is CN(C)CCCOC1(C)NC2=C(N3CCc4cc(F)ccc43)NCN=C2S1. The first-order valence-corrected chi connectivity index (χ1v) is 10.1. The van der Waals surface area contributed by atoms with Gasteiger partial charge in [0.2, 0.25) is 0 Å². The third-order valence-corrected chi connectivity index (χ3v) is 6.03. The summed E-state index contributed by atoms with van der Waals surface area (Å²) in [5.41, 5.74) is 3.07. The van der Waals surface area contributed by atoms with Crippen LogP contribution < -0.4 is 15.5 Å². The summed E-state index contributed by atoms with van der Waals surface area (Å²) in [6, 6.07) is 5.01. The lowest BCUT2D eigenvalue weighted by molar-refractivity contribution is 0.0221. The Balaban J connectivity index is 1.53. The lowest BCUT2D eigenvalue weighted by Crippen LogP contribution is -2.41. The van der Waals surface area contributed by atoms with E-state index < -0.39 is 5.06 Å². The molecular formula is C19H26FN5OS. The molecule has 1 aromatic carbocycles. The lowest BCUT2D eigenvalue weighted by atomic mass is 10.1. The number of aliphatic imine (C=N–C) groups is 1. The predicted octanol–water partition coefficient (Wildman–Crippen LogP) is 2.29. The van der Waals surface area contributed by atoms with Crippen molar-refractivity contribution in [1.29, 1.82) is 0 Å². The lowest BCUT2D eigenvalue weighted by Gasteiger charge is -2.28. The van der Waals surface area contributed by atoms with E-state index in [1.54, 1.807) is 17.8 Å². The molecule has 1 aromatic rings. The fourth-order valence-corrected chi connectivity index (χ4v) is 4.68. The Morgan fingerprint density at radius 1 is 1.41 bits per heavy atom. The fourth-order valence-electron chi connectivity index (χ4n) is 3.63. The minimum absolute atomic E-state index is 0.180. The van der Waals surface area contributed by atoms with Crippen LogP contribution in [0.3, 0.4) is 0 Å². The summed E-state index contributed by atoms with van der Waals surface area (Å²) >= 11 is 1.62. The van der Waals surface area contributed by atoms with Crippen molar-refractivity contribution in [1.82, 2.24) is 15.5 Å². The highest BCUT2D eigenvalue weighted by Crippen LogP contribution is 2.40. The summed E-state index contributed by atoms with van der Waals surface area (Å²) in [5.74, 6) is 0.818. The molecule has 0 amide bonds. The highest BCUT2D eigenvalue weighted by molar-refractivity contribution is 8.15. The standard InChI is InChI=1S/C19H26FN5OS/c1-19(26-10-4-8-24(2)3)23-16-17(21-12-22-18(16)27-19)25-9-7-13-11-14(20)5-6-15(13)25/h5-6,11,21,23H,4,7-10,12H2,1-3H3. The number of nitrogens with one attached hydrogen (secondary N) is 2. The number of halogens is 1. The normalized spacial score (nSPS) is 23.9. The van der Waals surface area contributed by atoms with E-state index >= 15 is 0 Å². The van der Waals surface area contributed by atoms with Crippen LogP contribution in [0.15, 0.2) is 34.7 Å². The molecule has 3 aliphatic rings. The third kappa shape index (κ3) is 3.79. The van der Waals surface area contributed by atoms with E-state index in [4.69, 9.17) is 4.74 Å². The molecule has 6 nitrogen and oxygen atoms in total. The van der Waals surface area contributed by atoms with E-state index in [1.165, 1.54) is 6.07 Å². The van der Waals surface area contributed by atoms with E-state index in [2.05, 4.69) is 39.5 Å². The maximum absolute atomic E-state index is 13.5. The molecule has 146 valence electrons. The van der Waals surface area contributed by atoms with Gasteiger partial charge in [0.25, 0.3) is 0 Å². The van der Waals surface area contributed by atoms with Crippen molar-refractivity contribution < 1.29 is 9.13 Å². The third-order valence-electron chi connectivity index (χ3n) is 4.90. The van der Waals surface area contributed by atoms with Gasteiger partial charge in [-0.3, -0.25) is 4.99 Å². The second-order valence-electron chi connectivity index (χ2n) is 7.37. The highest BCUT2D eigenvalue weighted by Gasteiger charge is 2.42. The smallest absolute Gasteiger partial charge is 0.190 e. The van der Waals surface area contributed by atoms with Crippen molar-refractivity contribution in [2.75, 3.05) is 45.4 Å². The topological polar surface area (TPSA) is 52.1 Å². The zero-order valence-electron chi connectivity index (χ0n) is 16.0. The second-order valence-corrected chi connectivity index (χ2v) is 8.74. The number of benzene rings is 1. The molecule has 1 atom stereocenters. The van der Waals surface area contributed by atoms with Crippen LogP contribution in [-0.2, 0) is 11.2 Å². The van der Waals surface area contributed by atoms with Gasteiger partial charge in [-0.2, -0.15) is 0 Å². The number of rotatable bonds is 6. The maximum atomic E-state index is 13.5. The molecule has 3 aliphatic heterocycles. The Labute approximate surface area is 163 Å². The van der Waals surface area contributed by atoms with Crippen molar-refractivity contribution in [3.8, 4) is 0 Å². The van der Waals surface area contributed by atoms with Crippen molar-refractivity contribution in [2.45, 2.75) is 24.8 Å². The van der Waals surface area contributed by atoms with Gasteiger partial charge in [-0.05, 0) is 75.9 Å². The number of ether oxygens (including phenoxy) is 1. The van der Waals surface area contributed by atoms with Crippen LogP contribution >= 0.6 is 11.8 Å². The van der Waals surface area contributed by atoms with Gasteiger partial charge in [0.15, 0.2) is 5.06 Å². The van der Waals surface area contributed by atoms with Gasteiger partial charge in [0, 0.05) is 12.2 Å². The first-order valence-electron chi connectivity index (χ1n) is 9.30. The Bertz CT molecular complexity index is 796. The number of anilines is 1. The summed E-state index contributed by atoms with van der Waals surface area (Å²) in [4.78, 5) is 8.98. The van der Waals surface area contributed by atoms with Crippen molar-refractivity contribution >= 4 is 22.5 Å². The van der Waals surface area contributed by atoms with Gasteiger partial charge < -0.3 is 25.2 Å². The molecule has 27 heavy (non-hydrogen) atoms. The van der Waals surface area contributed by atoms with Crippen LogP contribution in [0, 0.1) is 5.82 Å². The Morgan fingerprint density at radius 3 is 3.07 bits per heavy atom. The molecular weight excluding hydrogens is 365 g/mol. The molecule has 2 N–H and O–H groups in total. The van der Waals surface area contributed by atoms with Crippen molar-refractivity contribution in [3.63, 3.8) is 0 Å². The summed E-state index contributed by atoms with van der Waals surface area (Å²) in [7, 11) is 4.13. The summed E-state index contributed by atoms with van der Waals surface area (Å²) < 4.78 is 19.7. The van der Waals surface area contributed by atoms with Crippen LogP contribution in [0.2, 0.25) is 0 Å². The van der Waals surface area contributed by atoms with Gasteiger partial charge >= 0.3 is 0 Å². The molecule has 0 bridgehead atoms. The van der Waals surface area contributed by atoms with Gasteiger partial charge in [0.1, 0.15) is 29.0 Å². The molecule has 8 heteroatoms. The highest BCUT2D eigenvalue weighted by atomic mass is 32.2. The minimum Gasteiger partial charge on any atom is -0.351 e. The van der Waals surface area contributed by atoms with Crippen LogP contribution in [0.4, 0.5) is 10.1 Å². The van der Waals surface area contributed by atoms with E-state index in [9.17, 15) is 4.39 Å². The molecule has 0 aliphatic carbocycles. The first kappa shape index (κ1) is 18.6. The van der Waals surface area contributed by atoms with Gasteiger partial charge in [0.05, 0.1) is 6.61 Å². The van der Waals surface area contributed by atoms with Gasteiger partial charge in [-0.1, -0.05) is 0 Å². The fraction of sp³-hybridized carbons (Fsp3) is 0.526. The molecule has 3 heterocycles. The van der Waals surface area contributed by atoms with E-state index in [1.807, 2.05) is 13.0 Å². The number of hydrogen-bond donors (Lipinski definition) is 2. The zero-order chi connectivity index (χ0) is 19.0. The number of thioether (sulfide) groups is 1. The van der Waals surface area contributed by atoms with Crippen molar-refractivity contribution in [3.05, 3.63) is 41.1 Å². The molecule has 1 saturated heterocycles. The Hall–Kier alpha value is -1.77. The minimum atomic E-state index is -0.525. The van der Waals surface area contributed by atoms with Crippen LogP contribution in [-0.4, -0.2) is 55.5 Å². The average molecular weight is 392 g/mol. The summed E-state index contributed by atoms with van der Waals surface area (Å²) in [6.07, 6.45) is 1.82. The molecule has 1 fully saturated rings.